The molecule has 0 spiro atoms. The molecule has 0 heterocycles. The van der Waals surface area contributed by atoms with E-state index < -0.39 is 0 Å². The van der Waals surface area contributed by atoms with Crippen molar-refractivity contribution in [1.29, 1.82) is 0 Å². The number of rotatable bonds is 2. The maximum absolute atomic E-state index is 12.1. The van der Waals surface area contributed by atoms with Gasteiger partial charge in [0.1, 0.15) is 0 Å². The predicted octanol–water partition coefficient (Wildman–Crippen LogP) is 2.90. The molecule has 1 atom stereocenters. The molecule has 0 aromatic heterocycles. The van der Waals surface area contributed by atoms with Gasteiger partial charge in [0.25, 0.3) is 5.91 Å². The molecule has 3 heteroatoms. The van der Waals surface area contributed by atoms with Crippen LogP contribution in [0.15, 0.2) is 60.2 Å². The first-order chi connectivity index (χ1) is 8.66. The van der Waals surface area contributed by atoms with Crippen LogP contribution in [0.5, 0.6) is 0 Å². The summed E-state index contributed by atoms with van der Waals surface area (Å²) in [6, 6.07) is 7.22. The molecule has 3 nitrogen and oxygen atoms in total. The number of nitrogen functional groups attached to an aromatic ring is 1. The van der Waals surface area contributed by atoms with Crippen molar-refractivity contribution in [2.45, 2.75) is 6.92 Å². The summed E-state index contributed by atoms with van der Waals surface area (Å²) < 4.78 is 0. The molecule has 92 valence electrons. The van der Waals surface area contributed by atoms with Gasteiger partial charge in [-0.2, -0.15) is 0 Å². The van der Waals surface area contributed by atoms with Gasteiger partial charge in [-0.3, -0.25) is 4.79 Å². The van der Waals surface area contributed by atoms with Gasteiger partial charge in [0.05, 0.1) is 11.4 Å². The largest absolute Gasteiger partial charge is 0.397 e. The fourth-order valence-electron chi connectivity index (χ4n) is 1.67. The van der Waals surface area contributed by atoms with Gasteiger partial charge in [-0.15, -0.1) is 0 Å². The van der Waals surface area contributed by atoms with E-state index in [-0.39, 0.29) is 5.91 Å². The Hall–Kier alpha value is -2.29. The van der Waals surface area contributed by atoms with Crippen LogP contribution in [0.1, 0.15) is 6.92 Å². The first kappa shape index (κ1) is 12.2. The van der Waals surface area contributed by atoms with Gasteiger partial charge in [0.15, 0.2) is 0 Å². The summed E-state index contributed by atoms with van der Waals surface area (Å²) in [4.78, 5) is 12.1. The molecule has 0 aliphatic heterocycles. The molecule has 1 amide bonds. The molecule has 2 rings (SSSR count). The molecular formula is C15H16N2O. The van der Waals surface area contributed by atoms with Gasteiger partial charge in [0.2, 0.25) is 0 Å². The number of amides is 1. The van der Waals surface area contributed by atoms with Crippen LogP contribution in [0.25, 0.3) is 0 Å². The van der Waals surface area contributed by atoms with Crippen LogP contribution in [0.2, 0.25) is 0 Å². The molecule has 1 aromatic rings. The van der Waals surface area contributed by atoms with Crippen molar-refractivity contribution in [3.8, 4) is 0 Å². The van der Waals surface area contributed by atoms with Crippen molar-refractivity contribution in [2.24, 2.45) is 5.92 Å². The monoisotopic (exact) mass is 240 g/mol. The summed E-state index contributed by atoms with van der Waals surface area (Å²) in [6.45, 7) is 2.07. The van der Waals surface area contributed by atoms with Crippen LogP contribution in [-0.4, -0.2) is 5.91 Å². The minimum Gasteiger partial charge on any atom is -0.397 e. The second-order valence-electron chi connectivity index (χ2n) is 4.27. The lowest BCUT2D eigenvalue weighted by Crippen LogP contribution is -2.14. The summed E-state index contributed by atoms with van der Waals surface area (Å²) >= 11 is 0. The number of hydrogen-bond donors (Lipinski definition) is 2. The van der Waals surface area contributed by atoms with Crippen LogP contribution in [0.4, 0.5) is 11.4 Å². The number of carbonyl (C=O) groups excluding carboxylic acids is 1. The van der Waals surface area contributed by atoms with Crippen molar-refractivity contribution in [3.63, 3.8) is 0 Å². The fraction of sp³-hybridized carbons (Fsp3) is 0.133. The molecule has 0 saturated heterocycles. The molecule has 0 bridgehead atoms. The summed E-state index contributed by atoms with van der Waals surface area (Å²) in [5, 5.41) is 2.81. The molecule has 0 saturated carbocycles. The van der Waals surface area contributed by atoms with Crippen molar-refractivity contribution in [3.05, 3.63) is 60.2 Å². The normalized spacial score (nSPS) is 18.1. The summed E-state index contributed by atoms with van der Waals surface area (Å²) in [6.07, 6.45) is 9.55. The number of allylic oxidation sites excluding steroid dienone is 4. The Labute approximate surface area is 107 Å². The number of nitrogens with one attached hydrogen (secondary N) is 1. The van der Waals surface area contributed by atoms with E-state index >= 15 is 0 Å². The van der Waals surface area contributed by atoms with Gasteiger partial charge in [-0.1, -0.05) is 43.4 Å². The van der Waals surface area contributed by atoms with E-state index in [4.69, 9.17) is 5.73 Å². The zero-order valence-corrected chi connectivity index (χ0v) is 10.3. The van der Waals surface area contributed by atoms with E-state index in [1.54, 1.807) is 18.2 Å². The SMILES string of the molecule is CC1C=CC=C(C(=O)Nc2ccccc2N)C=C1. The van der Waals surface area contributed by atoms with Crippen LogP contribution in [0, 0.1) is 5.92 Å². The minimum absolute atomic E-state index is 0.150. The van der Waals surface area contributed by atoms with E-state index in [0.29, 0.717) is 22.9 Å². The lowest BCUT2D eigenvalue weighted by atomic mass is 10.1. The molecule has 3 N–H and O–H groups in total. The summed E-state index contributed by atoms with van der Waals surface area (Å²) in [5.74, 6) is 0.191. The van der Waals surface area contributed by atoms with Gasteiger partial charge in [-0.05, 0) is 24.1 Å². The average Bonchev–Trinajstić information content (AvgIpc) is 2.57. The highest BCUT2D eigenvalue weighted by molar-refractivity contribution is 6.07. The van der Waals surface area contributed by atoms with Gasteiger partial charge in [-0.25, -0.2) is 0 Å². The predicted molar refractivity (Wildman–Crippen MR) is 75.0 cm³/mol. The lowest BCUT2D eigenvalue weighted by Gasteiger charge is -2.07. The Morgan fingerprint density at radius 1 is 1.28 bits per heavy atom. The number of para-hydroxylation sites is 2. The summed E-state index contributed by atoms with van der Waals surface area (Å²) in [5.41, 5.74) is 7.61. The van der Waals surface area contributed by atoms with Gasteiger partial charge < -0.3 is 11.1 Å². The van der Waals surface area contributed by atoms with Gasteiger partial charge in [0, 0.05) is 5.57 Å². The van der Waals surface area contributed by atoms with E-state index in [1.807, 2.05) is 36.4 Å². The van der Waals surface area contributed by atoms with Crippen LogP contribution < -0.4 is 11.1 Å². The topological polar surface area (TPSA) is 55.1 Å². The maximum atomic E-state index is 12.1. The number of nitrogens with two attached hydrogens (primary N) is 1. The standard InChI is InChI=1S/C15H16N2O/c1-11-5-4-6-12(10-9-11)15(18)17-14-8-3-2-7-13(14)16/h2-11H,16H2,1H3,(H,17,18). The molecular weight excluding hydrogens is 224 g/mol. The molecule has 18 heavy (non-hydrogen) atoms. The summed E-state index contributed by atoms with van der Waals surface area (Å²) in [7, 11) is 0. The highest BCUT2D eigenvalue weighted by atomic mass is 16.1. The smallest absolute Gasteiger partial charge is 0.255 e. The molecule has 1 unspecified atom stereocenters. The quantitative estimate of drug-likeness (QED) is 0.781. The average molecular weight is 240 g/mol. The van der Waals surface area contributed by atoms with Crippen LogP contribution >= 0.6 is 0 Å². The second-order valence-corrected chi connectivity index (χ2v) is 4.27. The Kier molecular flexibility index (Phi) is 3.63. The Morgan fingerprint density at radius 2 is 2.06 bits per heavy atom. The van der Waals surface area contributed by atoms with Crippen molar-refractivity contribution < 1.29 is 4.79 Å². The molecule has 1 aliphatic rings. The minimum atomic E-state index is -0.150. The number of carbonyl (C=O) groups is 1. The number of benzene rings is 1. The van der Waals surface area contributed by atoms with Crippen molar-refractivity contribution >= 4 is 17.3 Å². The van der Waals surface area contributed by atoms with Gasteiger partial charge >= 0.3 is 0 Å². The molecule has 0 fully saturated rings. The fourth-order valence-corrected chi connectivity index (χ4v) is 1.67. The first-order valence-electron chi connectivity index (χ1n) is 5.89. The Bertz CT molecular complexity index is 541. The first-order valence-corrected chi connectivity index (χ1v) is 5.89. The van der Waals surface area contributed by atoms with E-state index in [0.717, 1.165) is 0 Å². The second kappa shape index (κ2) is 5.36. The lowest BCUT2D eigenvalue weighted by molar-refractivity contribution is -0.112. The molecule has 1 aromatic carbocycles. The number of anilines is 2. The third kappa shape index (κ3) is 2.88. The zero-order valence-electron chi connectivity index (χ0n) is 10.3. The van der Waals surface area contributed by atoms with E-state index in [9.17, 15) is 4.79 Å². The Balaban J connectivity index is 2.14. The third-order valence-electron chi connectivity index (χ3n) is 2.74. The van der Waals surface area contributed by atoms with Crippen molar-refractivity contribution in [2.75, 3.05) is 11.1 Å². The highest BCUT2D eigenvalue weighted by Gasteiger charge is 2.09. The van der Waals surface area contributed by atoms with Crippen LogP contribution in [-0.2, 0) is 4.79 Å². The Morgan fingerprint density at radius 3 is 2.83 bits per heavy atom. The van der Waals surface area contributed by atoms with Crippen molar-refractivity contribution in [1.82, 2.24) is 0 Å². The molecule has 0 radical (unpaired) electrons. The van der Waals surface area contributed by atoms with E-state index in [2.05, 4.69) is 12.2 Å². The highest BCUT2D eigenvalue weighted by Crippen LogP contribution is 2.18. The zero-order chi connectivity index (χ0) is 13.0. The maximum Gasteiger partial charge on any atom is 0.255 e. The van der Waals surface area contributed by atoms with Crippen LogP contribution in [0.3, 0.4) is 0 Å². The third-order valence-corrected chi connectivity index (χ3v) is 2.74. The number of hydrogen-bond acceptors (Lipinski definition) is 2. The van der Waals surface area contributed by atoms with E-state index in [1.165, 1.54) is 0 Å². The molecule has 1 aliphatic carbocycles.